The van der Waals surface area contributed by atoms with Crippen LogP contribution in [0.2, 0.25) is 0 Å². The van der Waals surface area contributed by atoms with Crippen LogP contribution in [0.5, 0.6) is 11.5 Å². The second kappa shape index (κ2) is 8.62. The second-order valence-electron chi connectivity index (χ2n) is 5.49. The molecular weight excluding hydrogens is 390 g/mol. The number of esters is 1. The number of carbonyl (C=O) groups excluding carboxylic acids is 1. The van der Waals surface area contributed by atoms with Gasteiger partial charge in [0.25, 0.3) is 0 Å². The van der Waals surface area contributed by atoms with E-state index in [2.05, 4.69) is 29.8 Å². The van der Waals surface area contributed by atoms with Crippen molar-refractivity contribution in [1.29, 1.82) is 0 Å². The minimum absolute atomic E-state index is 0.0237. The summed E-state index contributed by atoms with van der Waals surface area (Å²) in [5, 5.41) is 10.9. The molecule has 0 N–H and O–H groups in total. The van der Waals surface area contributed by atoms with E-state index >= 15 is 0 Å². The number of hydrogen-bond acceptors (Lipinski definition) is 5. The minimum atomic E-state index is -0.643. The minimum Gasteiger partial charge on any atom is -0.475 e. The summed E-state index contributed by atoms with van der Waals surface area (Å²) in [6.45, 7) is 3.80. The van der Waals surface area contributed by atoms with Crippen molar-refractivity contribution in [2.24, 2.45) is 0 Å². The smallest absolute Gasteiger partial charge is 0.349 e. The SMILES string of the molecule is CCC(C)c1ccc(OC(=O)COc2ccccc2[N+](=O)[O-])c(Br)c1. The van der Waals surface area contributed by atoms with Gasteiger partial charge in [-0.05, 0) is 52.0 Å². The number of nitrogens with zero attached hydrogens (tertiary/aromatic N) is 1. The van der Waals surface area contributed by atoms with Gasteiger partial charge in [-0.15, -0.1) is 0 Å². The summed E-state index contributed by atoms with van der Waals surface area (Å²) >= 11 is 3.39. The van der Waals surface area contributed by atoms with Crippen LogP contribution in [0.1, 0.15) is 31.7 Å². The zero-order valence-electron chi connectivity index (χ0n) is 13.9. The van der Waals surface area contributed by atoms with Gasteiger partial charge in [0.15, 0.2) is 12.4 Å². The number of hydrogen-bond donors (Lipinski definition) is 0. The lowest BCUT2D eigenvalue weighted by atomic mass is 9.99. The maximum atomic E-state index is 12.0. The first kappa shape index (κ1) is 18.9. The van der Waals surface area contributed by atoms with E-state index < -0.39 is 17.5 Å². The Morgan fingerprint density at radius 2 is 1.96 bits per heavy atom. The molecule has 0 saturated heterocycles. The van der Waals surface area contributed by atoms with E-state index in [1.807, 2.05) is 12.1 Å². The fourth-order valence-electron chi connectivity index (χ4n) is 2.16. The normalized spacial score (nSPS) is 11.6. The standard InChI is InChI=1S/C18H18BrNO5/c1-3-12(2)13-8-9-16(14(19)10-13)25-18(21)11-24-17-7-5-4-6-15(17)20(22)23/h4-10,12H,3,11H2,1-2H3. The van der Waals surface area contributed by atoms with Gasteiger partial charge < -0.3 is 9.47 Å². The van der Waals surface area contributed by atoms with Crippen LogP contribution in [0.4, 0.5) is 5.69 Å². The van der Waals surface area contributed by atoms with Gasteiger partial charge in [-0.1, -0.05) is 32.0 Å². The van der Waals surface area contributed by atoms with Crippen molar-refractivity contribution in [1.82, 2.24) is 0 Å². The van der Waals surface area contributed by atoms with Crippen LogP contribution in [-0.2, 0) is 4.79 Å². The van der Waals surface area contributed by atoms with Crippen molar-refractivity contribution in [2.45, 2.75) is 26.2 Å². The monoisotopic (exact) mass is 407 g/mol. The molecule has 2 aromatic rings. The Labute approximate surface area is 154 Å². The predicted molar refractivity (Wildman–Crippen MR) is 97.1 cm³/mol. The molecule has 1 atom stereocenters. The van der Waals surface area contributed by atoms with Gasteiger partial charge in [0.2, 0.25) is 0 Å². The Kier molecular flexibility index (Phi) is 6.52. The molecule has 0 aliphatic carbocycles. The van der Waals surface area contributed by atoms with Crippen molar-refractivity contribution in [2.75, 3.05) is 6.61 Å². The molecule has 2 aromatic carbocycles. The average Bonchev–Trinajstić information content (AvgIpc) is 2.61. The average molecular weight is 408 g/mol. The maximum Gasteiger partial charge on any atom is 0.349 e. The van der Waals surface area contributed by atoms with Gasteiger partial charge in [0, 0.05) is 6.07 Å². The van der Waals surface area contributed by atoms with Crippen LogP contribution in [0.15, 0.2) is 46.9 Å². The van der Waals surface area contributed by atoms with Crippen molar-refractivity contribution in [3.8, 4) is 11.5 Å². The first-order valence-corrected chi connectivity index (χ1v) is 8.58. The number of benzene rings is 2. The molecule has 132 valence electrons. The Morgan fingerprint density at radius 3 is 2.60 bits per heavy atom. The number of ether oxygens (including phenoxy) is 2. The summed E-state index contributed by atoms with van der Waals surface area (Å²) in [6.07, 6.45) is 1.01. The highest BCUT2D eigenvalue weighted by Crippen LogP contribution is 2.30. The van der Waals surface area contributed by atoms with Crippen molar-refractivity contribution >= 4 is 27.6 Å². The Bertz CT molecular complexity index is 778. The molecule has 0 spiro atoms. The first-order valence-electron chi connectivity index (χ1n) is 7.78. The van der Waals surface area contributed by atoms with Gasteiger partial charge in [-0.25, -0.2) is 4.79 Å². The van der Waals surface area contributed by atoms with Crippen LogP contribution >= 0.6 is 15.9 Å². The molecule has 2 rings (SSSR count). The van der Waals surface area contributed by atoms with Gasteiger partial charge in [-0.2, -0.15) is 0 Å². The molecule has 6 nitrogen and oxygen atoms in total. The van der Waals surface area contributed by atoms with Crippen LogP contribution in [0.25, 0.3) is 0 Å². The van der Waals surface area contributed by atoms with E-state index in [0.29, 0.717) is 16.1 Å². The van der Waals surface area contributed by atoms with Crippen LogP contribution in [-0.4, -0.2) is 17.5 Å². The third kappa shape index (κ3) is 5.03. The van der Waals surface area contributed by atoms with E-state index in [1.54, 1.807) is 12.1 Å². The highest BCUT2D eigenvalue weighted by atomic mass is 79.9. The van der Waals surface area contributed by atoms with Gasteiger partial charge >= 0.3 is 11.7 Å². The van der Waals surface area contributed by atoms with Crippen molar-refractivity contribution < 1.29 is 19.2 Å². The highest BCUT2D eigenvalue weighted by molar-refractivity contribution is 9.10. The van der Waals surface area contributed by atoms with E-state index in [-0.39, 0.29) is 11.4 Å². The number of nitro groups is 1. The molecule has 0 fully saturated rings. The quantitative estimate of drug-likeness (QED) is 0.283. The third-order valence-electron chi connectivity index (χ3n) is 3.77. The Morgan fingerprint density at radius 1 is 1.24 bits per heavy atom. The molecule has 0 radical (unpaired) electrons. The topological polar surface area (TPSA) is 78.7 Å². The molecule has 0 aliphatic heterocycles. The number of nitro benzene ring substituents is 1. The maximum absolute atomic E-state index is 12.0. The van der Waals surface area contributed by atoms with Crippen LogP contribution in [0.3, 0.4) is 0 Å². The predicted octanol–water partition coefficient (Wildman–Crippen LogP) is 4.86. The summed E-state index contributed by atoms with van der Waals surface area (Å²) in [4.78, 5) is 22.3. The number of carbonyl (C=O) groups is 1. The third-order valence-corrected chi connectivity index (χ3v) is 4.39. The molecule has 25 heavy (non-hydrogen) atoms. The molecule has 1 unspecified atom stereocenters. The lowest BCUT2D eigenvalue weighted by Crippen LogP contribution is -2.18. The van der Waals surface area contributed by atoms with Crippen LogP contribution < -0.4 is 9.47 Å². The molecule has 0 saturated carbocycles. The number of halogens is 1. The van der Waals surface area contributed by atoms with E-state index in [1.165, 1.54) is 18.2 Å². The first-order chi connectivity index (χ1) is 11.9. The Balaban J connectivity index is 2.00. The molecule has 0 aromatic heterocycles. The van der Waals surface area contributed by atoms with Crippen molar-refractivity contribution in [3.63, 3.8) is 0 Å². The van der Waals surface area contributed by atoms with Gasteiger partial charge in [-0.3, -0.25) is 10.1 Å². The van der Waals surface area contributed by atoms with E-state index in [4.69, 9.17) is 9.47 Å². The Hall–Kier alpha value is -2.41. The highest BCUT2D eigenvalue weighted by Gasteiger charge is 2.16. The molecule has 7 heteroatoms. The second-order valence-corrected chi connectivity index (χ2v) is 6.34. The molecule has 0 aliphatic rings. The summed E-state index contributed by atoms with van der Waals surface area (Å²) < 4.78 is 11.1. The van der Waals surface area contributed by atoms with Gasteiger partial charge in [0.1, 0.15) is 5.75 Å². The summed E-state index contributed by atoms with van der Waals surface area (Å²) in [6, 6.07) is 11.4. The van der Waals surface area contributed by atoms with E-state index in [9.17, 15) is 14.9 Å². The number of para-hydroxylation sites is 2. The van der Waals surface area contributed by atoms with Crippen LogP contribution in [0, 0.1) is 10.1 Å². The zero-order chi connectivity index (χ0) is 18.4. The molecule has 0 bridgehead atoms. The fourth-order valence-corrected chi connectivity index (χ4v) is 2.64. The lowest BCUT2D eigenvalue weighted by molar-refractivity contribution is -0.385. The fraction of sp³-hybridized carbons (Fsp3) is 0.278. The van der Waals surface area contributed by atoms with Crippen molar-refractivity contribution in [3.05, 3.63) is 62.6 Å². The largest absolute Gasteiger partial charge is 0.475 e. The lowest BCUT2D eigenvalue weighted by Gasteiger charge is -2.12. The molecular formula is C18H18BrNO5. The van der Waals surface area contributed by atoms with Gasteiger partial charge in [0.05, 0.1) is 9.40 Å². The summed E-state index contributed by atoms with van der Waals surface area (Å²) in [5.74, 6) is 0.164. The van der Waals surface area contributed by atoms with E-state index in [0.717, 1.165) is 12.0 Å². The molecule has 0 heterocycles. The summed E-state index contributed by atoms with van der Waals surface area (Å²) in [5.41, 5.74) is 0.944. The summed E-state index contributed by atoms with van der Waals surface area (Å²) in [7, 11) is 0. The number of rotatable bonds is 7. The molecule has 0 amide bonds. The zero-order valence-corrected chi connectivity index (χ0v) is 15.5.